The molecule has 0 fully saturated rings. The quantitative estimate of drug-likeness (QED) is 0.673. The van der Waals surface area contributed by atoms with Crippen LogP contribution in [0.2, 0.25) is 0 Å². The number of aliphatic hydroxyl groups excluding tert-OH is 1. The number of hydrogen-bond donors (Lipinski definition) is 3. The van der Waals surface area contributed by atoms with Crippen molar-refractivity contribution in [1.29, 1.82) is 0 Å². The highest BCUT2D eigenvalue weighted by Crippen LogP contribution is 2.07. The first kappa shape index (κ1) is 18.9. The lowest BCUT2D eigenvalue weighted by molar-refractivity contribution is -0.116. The van der Waals surface area contributed by atoms with Crippen molar-refractivity contribution in [3.8, 4) is 0 Å². The number of amides is 2. The highest BCUT2D eigenvalue weighted by molar-refractivity contribution is 5.94. The molecule has 0 aromatic heterocycles. The van der Waals surface area contributed by atoms with E-state index in [1.807, 2.05) is 39.8 Å². The van der Waals surface area contributed by atoms with Gasteiger partial charge >= 0.3 is 0 Å². The molecular formula is C18H26N2O3. The molecule has 2 amide bonds. The van der Waals surface area contributed by atoms with Crippen molar-refractivity contribution in [3.63, 3.8) is 0 Å². The summed E-state index contributed by atoms with van der Waals surface area (Å²) in [6, 6.07) is 6.99. The maximum Gasteiger partial charge on any atom is 0.251 e. The smallest absolute Gasteiger partial charge is 0.251 e. The molecular weight excluding hydrogens is 292 g/mol. The SMILES string of the molecule is CC(C)=CC(=O)NCc1ccc(C(=O)NC(C)C(C)CO)cc1. The molecule has 1 aromatic rings. The standard InChI is InChI=1S/C18H26N2O3/c1-12(2)9-17(22)19-10-15-5-7-16(8-6-15)18(23)20-14(4)13(3)11-21/h5-9,13-14,21H,10-11H2,1-4H3,(H,19,22)(H,20,23). The molecule has 5 heteroatoms. The van der Waals surface area contributed by atoms with Crippen LogP contribution in [0.1, 0.15) is 43.6 Å². The van der Waals surface area contributed by atoms with Crippen LogP contribution in [0.3, 0.4) is 0 Å². The van der Waals surface area contributed by atoms with Crippen molar-refractivity contribution in [2.24, 2.45) is 5.92 Å². The Kier molecular flexibility index (Phi) is 7.48. The van der Waals surface area contributed by atoms with E-state index in [2.05, 4.69) is 10.6 Å². The predicted octanol–water partition coefficient (Wildman–Crippen LogP) is 2.02. The van der Waals surface area contributed by atoms with Crippen molar-refractivity contribution in [2.45, 2.75) is 40.3 Å². The minimum Gasteiger partial charge on any atom is -0.396 e. The summed E-state index contributed by atoms with van der Waals surface area (Å²) >= 11 is 0. The van der Waals surface area contributed by atoms with E-state index in [9.17, 15) is 9.59 Å². The van der Waals surface area contributed by atoms with E-state index >= 15 is 0 Å². The molecule has 3 N–H and O–H groups in total. The second-order valence-corrected chi connectivity index (χ2v) is 6.06. The highest BCUT2D eigenvalue weighted by atomic mass is 16.3. The fourth-order valence-corrected chi connectivity index (χ4v) is 1.87. The molecule has 0 aliphatic carbocycles. The monoisotopic (exact) mass is 318 g/mol. The van der Waals surface area contributed by atoms with Crippen molar-refractivity contribution in [2.75, 3.05) is 6.61 Å². The van der Waals surface area contributed by atoms with Gasteiger partial charge in [0.05, 0.1) is 0 Å². The summed E-state index contributed by atoms with van der Waals surface area (Å²) in [5.41, 5.74) is 2.43. The third-order valence-electron chi connectivity index (χ3n) is 3.60. The topological polar surface area (TPSA) is 78.4 Å². The molecule has 0 heterocycles. The summed E-state index contributed by atoms with van der Waals surface area (Å²) < 4.78 is 0. The summed E-state index contributed by atoms with van der Waals surface area (Å²) in [5, 5.41) is 14.7. The average Bonchev–Trinajstić information content (AvgIpc) is 2.51. The van der Waals surface area contributed by atoms with Crippen LogP contribution in [0.25, 0.3) is 0 Å². The second-order valence-electron chi connectivity index (χ2n) is 6.06. The van der Waals surface area contributed by atoms with Crippen LogP contribution in [0.5, 0.6) is 0 Å². The van der Waals surface area contributed by atoms with Gasteiger partial charge in [0, 0.05) is 30.8 Å². The van der Waals surface area contributed by atoms with Crippen LogP contribution < -0.4 is 10.6 Å². The first-order chi connectivity index (χ1) is 10.8. The summed E-state index contributed by atoms with van der Waals surface area (Å²) in [6.07, 6.45) is 1.55. The number of hydrogen-bond acceptors (Lipinski definition) is 3. The van der Waals surface area contributed by atoms with E-state index in [1.165, 1.54) is 0 Å². The van der Waals surface area contributed by atoms with E-state index in [0.717, 1.165) is 11.1 Å². The number of carbonyl (C=O) groups excluding carboxylic acids is 2. The number of allylic oxidation sites excluding steroid dienone is 1. The van der Waals surface area contributed by atoms with Gasteiger partial charge in [-0.3, -0.25) is 9.59 Å². The van der Waals surface area contributed by atoms with E-state index in [4.69, 9.17) is 5.11 Å². The van der Waals surface area contributed by atoms with E-state index in [-0.39, 0.29) is 30.4 Å². The van der Waals surface area contributed by atoms with Gasteiger partial charge in [-0.2, -0.15) is 0 Å². The second kappa shape index (κ2) is 9.10. The first-order valence-electron chi connectivity index (χ1n) is 7.77. The van der Waals surface area contributed by atoms with Gasteiger partial charge in [0.25, 0.3) is 5.91 Å². The molecule has 0 saturated carbocycles. The van der Waals surface area contributed by atoms with E-state index in [0.29, 0.717) is 12.1 Å². The van der Waals surface area contributed by atoms with Gasteiger partial charge in [-0.05, 0) is 44.4 Å². The zero-order valence-electron chi connectivity index (χ0n) is 14.2. The molecule has 0 bridgehead atoms. The molecule has 2 unspecified atom stereocenters. The molecule has 0 aliphatic heterocycles. The maximum absolute atomic E-state index is 12.1. The lowest BCUT2D eigenvalue weighted by Gasteiger charge is -2.19. The molecule has 0 radical (unpaired) electrons. The molecule has 0 saturated heterocycles. The van der Waals surface area contributed by atoms with E-state index in [1.54, 1.807) is 18.2 Å². The van der Waals surface area contributed by atoms with Gasteiger partial charge < -0.3 is 15.7 Å². The molecule has 126 valence electrons. The maximum atomic E-state index is 12.1. The molecule has 0 aliphatic rings. The zero-order valence-corrected chi connectivity index (χ0v) is 14.2. The van der Waals surface area contributed by atoms with E-state index < -0.39 is 0 Å². The van der Waals surface area contributed by atoms with Crippen LogP contribution in [-0.2, 0) is 11.3 Å². The molecule has 2 atom stereocenters. The van der Waals surface area contributed by atoms with Crippen LogP contribution in [0, 0.1) is 5.92 Å². The van der Waals surface area contributed by atoms with Crippen LogP contribution in [0.4, 0.5) is 0 Å². The van der Waals surface area contributed by atoms with Gasteiger partial charge in [0.2, 0.25) is 5.91 Å². The Labute approximate surface area is 137 Å². The minimum absolute atomic E-state index is 0.00325. The highest BCUT2D eigenvalue weighted by Gasteiger charge is 2.14. The van der Waals surface area contributed by atoms with Crippen LogP contribution in [-0.4, -0.2) is 29.6 Å². The normalized spacial score (nSPS) is 12.9. The molecule has 5 nitrogen and oxygen atoms in total. The molecule has 23 heavy (non-hydrogen) atoms. The van der Waals surface area contributed by atoms with Crippen molar-refractivity contribution >= 4 is 11.8 Å². The Hall–Kier alpha value is -2.14. The van der Waals surface area contributed by atoms with Crippen molar-refractivity contribution < 1.29 is 14.7 Å². The average molecular weight is 318 g/mol. The lowest BCUT2D eigenvalue weighted by Crippen LogP contribution is -2.38. The van der Waals surface area contributed by atoms with Gasteiger partial charge in [-0.15, -0.1) is 0 Å². The first-order valence-corrected chi connectivity index (χ1v) is 7.77. The Morgan fingerprint density at radius 3 is 2.30 bits per heavy atom. The lowest BCUT2D eigenvalue weighted by atomic mass is 10.0. The number of aliphatic hydroxyl groups is 1. The summed E-state index contributed by atoms with van der Waals surface area (Å²) in [4.78, 5) is 23.6. The van der Waals surface area contributed by atoms with Gasteiger partial charge in [-0.1, -0.05) is 24.6 Å². The fourth-order valence-electron chi connectivity index (χ4n) is 1.87. The summed E-state index contributed by atoms with van der Waals surface area (Å²) in [6.45, 7) is 7.93. The summed E-state index contributed by atoms with van der Waals surface area (Å²) in [5.74, 6) is -0.292. The van der Waals surface area contributed by atoms with Crippen LogP contribution >= 0.6 is 0 Å². The van der Waals surface area contributed by atoms with Gasteiger partial charge in [0.1, 0.15) is 0 Å². The van der Waals surface area contributed by atoms with Crippen LogP contribution in [0.15, 0.2) is 35.9 Å². The zero-order chi connectivity index (χ0) is 17.4. The number of carbonyl (C=O) groups is 2. The largest absolute Gasteiger partial charge is 0.396 e. The Balaban J connectivity index is 2.57. The number of benzene rings is 1. The Morgan fingerprint density at radius 1 is 1.17 bits per heavy atom. The Bertz CT molecular complexity index is 560. The predicted molar refractivity (Wildman–Crippen MR) is 90.9 cm³/mol. The molecule has 1 aromatic carbocycles. The third-order valence-corrected chi connectivity index (χ3v) is 3.60. The molecule has 0 spiro atoms. The Morgan fingerprint density at radius 2 is 1.78 bits per heavy atom. The number of nitrogens with one attached hydrogen (secondary N) is 2. The fraction of sp³-hybridized carbons (Fsp3) is 0.444. The van der Waals surface area contributed by atoms with Crippen molar-refractivity contribution in [3.05, 3.63) is 47.0 Å². The van der Waals surface area contributed by atoms with Gasteiger partial charge in [0.15, 0.2) is 0 Å². The summed E-state index contributed by atoms with van der Waals surface area (Å²) in [7, 11) is 0. The molecule has 1 rings (SSSR count). The third kappa shape index (κ3) is 6.65. The van der Waals surface area contributed by atoms with Gasteiger partial charge in [-0.25, -0.2) is 0 Å². The van der Waals surface area contributed by atoms with Crippen molar-refractivity contribution in [1.82, 2.24) is 10.6 Å². The number of rotatable bonds is 7. The minimum atomic E-state index is -0.169.